The van der Waals surface area contributed by atoms with Crippen molar-refractivity contribution in [2.75, 3.05) is 11.6 Å². The van der Waals surface area contributed by atoms with Crippen LogP contribution in [0, 0.1) is 10.1 Å². The number of nitrogens with one attached hydrogen (secondary N) is 2. The van der Waals surface area contributed by atoms with Gasteiger partial charge in [-0.2, -0.15) is 0 Å². The van der Waals surface area contributed by atoms with Crippen molar-refractivity contribution in [2.24, 2.45) is 0 Å². The van der Waals surface area contributed by atoms with Crippen LogP contribution in [0.3, 0.4) is 0 Å². The first-order valence-corrected chi connectivity index (χ1v) is 9.64. The molecule has 9 heteroatoms. The highest BCUT2D eigenvalue weighted by Crippen LogP contribution is 2.27. The Morgan fingerprint density at radius 1 is 1.19 bits per heavy atom. The van der Waals surface area contributed by atoms with Gasteiger partial charge in [-0.05, 0) is 18.6 Å². The molecule has 0 aromatic heterocycles. The summed E-state index contributed by atoms with van der Waals surface area (Å²) in [6, 6.07) is 12.1. The lowest BCUT2D eigenvalue weighted by molar-refractivity contribution is -0.385. The fraction of sp³-hybridized carbons (Fsp3) is 0.235. The van der Waals surface area contributed by atoms with E-state index in [1.165, 1.54) is 12.1 Å². The van der Waals surface area contributed by atoms with Crippen molar-refractivity contribution < 1.29 is 18.1 Å². The number of nitrogens with zero attached hydrogens (tertiary/aromatic N) is 1. The Balaban J connectivity index is 2.13. The molecule has 8 nitrogen and oxygen atoms in total. The molecule has 0 fully saturated rings. The summed E-state index contributed by atoms with van der Waals surface area (Å²) in [4.78, 5) is 22.2. The Kier molecular flexibility index (Phi) is 5.93. The van der Waals surface area contributed by atoms with E-state index < -0.39 is 20.8 Å². The Labute approximate surface area is 151 Å². The molecule has 0 bridgehead atoms. The van der Waals surface area contributed by atoms with Crippen LogP contribution in [-0.4, -0.2) is 31.5 Å². The summed E-state index contributed by atoms with van der Waals surface area (Å²) in [5.74, 6) is -0.327. The maximum atomic E-state index is 12.2. The average molecular weight is 377 g/mol. The van der Waals surface area contributed by atoms with Crippen LogP contribution in [0.4, 0.5) is 11.4 Å². The van der Waals surface area contributed by atoms with E-state index in [9.17, 15) is 23.3 Å². The van der Waals surface area contributed by atoms with E-state index in [0.29, 0.717) is 6.54 Å². The molecular formula is C17H19N3O5S. The second kappa shape index (κ2) is 7.96. The van der Waals surface area contributed by atoms with Crippen LogP contribution in [0.2, 0.25) is 0 Å². The van der Waals surface area contributed by atoms with Crippen LogP contribution >= 0.6 is 0 Å². The molecule has 0 aliphatic rings. The molecule has 0 aliphatic heterocycles. The monoisotopic (exact) mass is 377 g/mol. The van der Waals surface area contributed by atoms with Crippen molar-refractivity contribution in [1.82, 2.24) is 5.32 Å². The maximum Gasteiger partial charge on any atom is 0.270 e. The van der Waals surface area contributed by atoms with Crippen LogP contribution in [0.5, 0.6) is 0 Å². The predicted molar refractivity (Wildman–Crippen MR) is 97.6 cm³/mol. The standard InChI is InChI=1S/C17H19N3O5S/c1-12(17(21)18-11-13-6-4-3-5-7-13)19-15-9-8-14(20(22)23)10-16(15)26(2,24)25/h3-10,12,19H,11H2,1-2H3,(H,18,21). The van der Waals surface area contributed by atoms with Gasteiger partial charge in [0.2, 0.25) is 5.91 Å². The highest BCUT2D eigenvalue weighted by atomic mass is 32.2. The largest absolute Gasteiger partial charge is 0.373 e. The number of hydrogen-bond donors (Lipinski definition) is 2. The zero-order chi connectivity index (χ0) is 19.3. The van der Waals surface area contributed by atoms with Crippen molar-refractivity contribution in [3.63, 3.8) is 0 Å². The van der Waals surface area contributed by atoms with Gasteiger partial charge in [0.1, 0.15) is 6.04 Å². The molecule has 1 unspecified atom stereocenters. The van der Waals surface area contributed by atoms with Crippen LogP contribution in [-0.2, 0) is 21.2 Å². The van der Waals surface area contributed by atoms with Crippen molar-refractivity contribution in [1.29, 1.82) is 0 Å². The van der Waals surface area contributed by atoms with E-state index in [-0.39, 0.29) is 22.2 Å². The smallest absolute Gasteiger partial charge is 0.270 e. The molecule has 26 heavy (non-hydrogen) atoms. The first-order valence-electron chi connectivity index (χ1n) is 7.75. The summed E-state index contributed by atoms with van der Waals surface area (Å²) in [5.41, 5.74) is 0.734. The number of benzene rings is 2. The summed E-state index contributed by atoms with van der Waals surface area (Å²) in [6.45, 7) is 1.92. The number of hydrogen-bond acceptors (Lipinski definition) is 6. The topological polar surface area (TPSA) is 118 Å². The van der Waals surface area contributed by atoms with Gasteiger partial charge in [-0.1, -0.05) is 30.3 Å². The van der Waals surface area contributed by atoms with Crippen molar-refractivity contribution >= 4 is 27.1 Å². The fourth-order valence-electron chi connectivity index (χ4n) is 2.29. The lowest BCUT2D eigenvalue weighted by Gasteiger charge is -2.17. The second-order valence-electron chi connectivity index (χ2n) is 5.78. The molecule has 0 radical (unpaired) electrons. The Morgan fingerprint density at radius 3 is 2.42 bits per heavy atom. The van der Waals surface area contributed by atoms with E-state index in [1.807, 2.05) is 30.3 Å². The summed E-state index contributed by atoms with van der Waals surface area (Å²) in [6.07, 6.45) is 0.956. The molecule has 0 spiro atoms. The number of anilines is 1. The minimum atomic E-state index is -3.71. The van der Waals surface area contributed by atoms with Gasteiger partial charge in [0.25, 0.3) is 5.69 Å². The molecule has 2 aromatic carbocycles. The minimum absolute atomic E-state index is 0.139. The van der Waals surface area contributed by atoms with E-state index in [1.54, 1.807) is 6.92 Å². The van der Waals surface area contributed by atoms with Crippen molar-refractivity contribution in [2.45, 2.75) is 24.4 Å². The Hall–Kier alpha value is -2.94. The van der Waals surface area contributed by atoms with Crippen LogP contribution < -0.4 is 10.6 Å². The van der Waals surface area contributed by atoms with E-state index in [4.69, 9.17) is 0 Å². The molecule has 2 aromatic rings. The quantitative estimate of drug-likeness (QED) is 0.563. The predicted octanol–water partition coefficient (Wildman–Crippen LogP) is 2.12. The highest BCUT2D eigenvalue weighted by Gasteiger charge is 2.21. The van der Waals surface area contributed by atoms with Crippen molar-refractivity contribution in [3.8, 4) is 0 Å². The summed E-state index contributed by atoms with van der Waals surface area (Å²) in [5, 5.41) is 16.4. The van der Waals surface area contributed by atoms with Gasteiger partial charge in [0.15, 0.2) is 9.84 Å². The van der Waals surface area contributed by atoms with E-state index in [0.717, 1.165) is 17.9 Å². The Morgan fingerprint density at radius 2 is 1.85 bits per heavy atom. The van der Waals surface area contributed by atoms with Gasteiger partial charge in [-0.3, -0.25) is 14.9 Å². The number of nitro groups is 1. The number of carbonyl (C=O) groups is 1. The summed E-state index contributed by atoms with van der Waals surface area (Å²) < 4.78 is 23.9. The van der Waals surface area contributed by atoms with Gasteiger partial charge in [-0.25, -0.2) is 8.42 Å². The van der Waals surface area contributed by atoms with Gasteiger partial charge in [-0.15, -0.1) is 0 Å². The van der Waals surface area contributed by atoms with Gasteiger partial charge >= 0.3 is 0 Å². The number of non-ortho nitro benzene ring substituents is 1. The molecular weight excluding hydrogens is 358 g/mol. The van der Waals surface area contributed by atoms with Gasteiger partial charge in [0, 0.05) is 24.9 Å². The normalized spacial score (nSPS) is 12.2. The van der Waals surface area contributed by atoms with Crippen LogP contribution in [0.1, 0.15) is 12.5 Å². The molecule has 0 aliphatic carbocycles. The van der Waals surface area contributed by atoms with Crippen LogP contribution in [0.15, 0.2) is 53.4 Å². The zero-order valence-electron chi connectivity index (χ0n) is 14.3. The van der Waals surface area contributed by atoms with E-state index in [2.05, 4.69) is 10.6 Å². The average Bonchev–Trinajstić information content (AvgIpc) is 2.59. The molecule has 1 amide bonds. The first-order chi connectivity index (χ1) is 12.2. The number of carbonyl (C=O) groups excluding carboxylic acids is 1. The second-order valence-corrected chi connectivity index (χ2v) is 7.76. The fourth-order valence-corrected chi connectivity index (χ4v) is 3.15. The molecule has 1 atom stereocenters. The molecule has 0 saturated heterocycles. The lowest BCUT2D eigenvalue weighted by atomic mass is 10.2. The number of sulfone groups is 1. The van der Waals surface area contributed by atoms with Gasteiger partial charge in [0.05, 0.1) is 15.5 Å². The first kappa shape index (κ1) is 19.4. The minimum Gasteiger partial charge on any atom is -0.373 e. The molecule has 0 heterocycles. The summed E-state index contributed by atoms with van der Waals surface area (Å²) in [7, 11) is -3.71. The highest BCUT2D eigenvalue weighted by molar-refractivity contribution is 7.90. The third-order valence-electron chi connectivity index (χ3n) is 3.65. The van der Waals surface area contributed by atoms with Crippen LogP contribution in [0.25, 0.3) is 0 Å². The Bertz CT molecular complexity index is 913. The third-order valence-corrected chi connectivity index (χ3v) is 4.79. The third kappa shape index (κ3) is 5.03. The molecule has 2 rings (SSSR count). The summed E-state index contributed by atoms with van der Waals surface area (Å²) >= 11 is 0. The zero-order valence-corrected chi connectivity index (χ0v) is 15.1. The molecule has 2 N–H and O–H groups in total. The maximum absolute atomic E-state index is 12.2. The molecule has 138 valence electrons. The lowest BCUT2D eigenvalue weighted by Crippen LogP contribution is -2.37. The van der Waals surface area contributed by atoms with E-state index >= 15 is 0 Å². The number of rotatable bonds is 7. The molecule has 0 saturated carbocycles. The van der Waals surface area contributed by atoms with Gasteiger partial charge < -0.3 is 10.6 Å². The van der Waals surface area contributed by atoms with Crippen molar-refractivity contribution in [3.05, 3.63) is 64.2 Å². The number of amides is 1. The SMILES string of the molecule is CC(Nc1ccc([N+](=O)[O-])cc1S(C)(=O)=O)C(=O)NCc1ccccc1. The number of nitro benzene ring substituents is 1.